The average Bonchev–Trinajstić information content (AvgIpc) is 2.22. The minimum absolute atomic E-state index is 0.309. The van der Waals surface area contributed by atoms with Crippen LogP contribution >= 0.6 is 23.2 Å². The van der Waals surface area contributed by atoms with Crippen LogP contribution in [0.4, 0.5) is 4.39 Å². The van der Waals surface area contributed by atoms with E-state index in [1.165, 1.54) is 18.3 Å². The van der Waals surface area contributed by atoms with E-state index in [9.17, 15) is 4.39 Å². The predicted octanol–water partition coefficient (Wildman–Crippen LogP) is 4.19. The van der Waals surface area contributed by atoms with Gasteiger partial charge in [0.15, 0.2) is 0 Å². The molecule has 0 radical (unpaired) electrons. The van der Waals surface area contributed by atoms with Gasteiger partial charge in [-0.05, 0) is 23.8 Å². The van der Waals surface area contributed by atoms with Crippen molar-refractivity contribution in [2.45, 2.75) is 0 Å². The summed E-state index contributed by atoms with van der Waals surface area (Å²) in [7, 11) is 0. The molecule has 0 saturated heterocycles. The van der Waals surface area contributed by atoms with Gasteiger partial charge in [0.2, 0.25) is 0 Å². The third kappa shape index (κ3) is 2.28. The average molecular weight is 242 g/mol. The molecule has 1 aromatic carbocycles. The van der Waals surface area contributed by atoms with Crippen molar-refractivity contribution in [3.8, 4) is 11.1 Å². The van der Waals surface area contributed by atoms with Crippen molar-refractivity contribution in [3.05, 3.63) is 52.5 Å². The van der Waals surface area contributed by atoms with Gasteiger partial charge >= 0.3 is 0 Å². The number of aromatic nitrogens is 1. The maximum absolute atomic E-state index is 13.0. The van der Waals surface area contributed by atoms with Gasteiger partial charge in [-0.25, -0.2) is 9.37 Å². The van der Waals surface area contributed by atoms with E-state index < -0.39 is 0 Å². The summed E-state index contributed by atoms with van der Waals surface area (Å²) in [5.41, 5.74) is 1.36. The molecule has 0 aliphatic heterocycles. The van der Waals surface area contributed by atoms with Crippen molar-refractivity contribution >= 4 is 23.2 Å². The van der Waals surface area contributed by atoms with Crippen LogP contribution in [0.15, 0.2) is 36.5 Å². The van der Waals surface area contributed by atoms with Crippen molar-refractivity contribution in [1.29, 1.82) is 0 Å². The van der Waals surface area contributed by atoms with Crippen molar-refractivity contribution < 1.29 is 4.39 Å². The summed E-state index contributed by atoms with van der Waals surface area (Å²) in [5.74, 6) is -0.309. The molecule has 0 aliphatic rings. The van der Waals surface area contributed by atoms with E-state index in [0.717, 1.165) is 0 Å². The van der Waals surface area contributed by atoms with Crippen LogP contribution in [-0.4, -0.2) is 4.98 Å². The van der Waals surface area contributed by atoms with E-state index >= 15 is 0 Å². The SMILES string of the molecule is Fc1cccc(-c2cc(Cl)ncc2Cl)c1. The zero-order valence-corrected chi connectivity index (χ0v) is 9.06. The fourth-order valence-corrected chi connectivity index (χ4v) is 1.66. The Labute approximate surface area is 96.5 Å². The first-order chi connectivity index (χ1) is 7.16. The van der Waals surface area contributed by atoms with Crippen LogP contribution in [0.3, 0.4) is 0 Å². The van der Waals surface area contributed by atoms with Crippen molar-refractivity contribution in [1.82, 2.24) is 4.98 Å². The highest BCUT2D eigenvalue weighted by atomic mass is 35.5. The first kappa shape index (κ1) is 10.4. The Hall–Kier alpha value is -1.12. The zero-order valence-electron chi connectivity index (χ0n) is 7.55. The molecular formula is C11H6Cl2FN. The fourth-order valence-electron chi connectivity index (χ4n) is 1.29. The molecule has 0 bridgehead atoms. The van der Waals surface area contributed by atoms with Gasteiger partial charge in [-0.3, -0.25) is 0 Å². The molecule has 0 fully saturated rings. The van der Waals surface area contributed by atoms with Gasteiger partial charge in [-0.15, -0.1) is 0 Å². The van der Waals surface area contributed by atoms with Gasteiger partial charge in [0, 0.05) is 11.8 Å². The molecule has 0 aliphatic carbocycles. The fraction of sp³-hybridized carbons (Fsp3) is 0. The number of nitrogens with zero attached hydrogens (tertiary/aromatic N) is 1. The van der Waals surface area contributed by atoms with Crippen LogP contribution in [0.25, 0.3) is 11.1 Å². The van der Waals surface area contributed by atoms with E-state index in [-0.39, 0.29) is 5.82 Å². The van der Waals surface area contributed by atoms with Gasteiger partial charge < -0.3 is 0 Å². The van der Waals surface area contributed by atoms with Crippen LogP contribution in [0.2, 0.25) is 10.2 Å². The molecule has 0 atom stereocenters. The minimum atomic E-state index is -0.309. The molecular weight excluding hydrogens is 236 g/mol. The summed E-state index contributed by atoms with van der Waals surface area (Å²) in [5, 5.41) is 0.781. The zero-order chi connectivity index (χ0) is 10.8. The number of halogens is 3. The second-order valence-electron chi connectivity index (χ2n) is 3.00. The smallest absolute Gasteiger partial charge is 0.129 e. The molecule has 0 unspecified atom stereocenters. The van der Waals surface area contributed by atoms with Gasteiger partial charge in [-0.1, -0.05) is 35.3 Å². The van der Waals surface area contributed by atoms with Crippen molar-refractivity contribution in [2.75, 3.05) is 0 Å². The first-order valence-corrected chi connectivity index (χ1v) is 4.99. The third-order valence-corrected chi connectivity index (χ3v) is 2.47. The van der Waals surface area contributed by atoms with E-state index in [2.05, 4.69) is 4.98 Å². The lowest BCUT2D eigenvalue weighted by Gasteiger charge is -2.04. The largest absolute Gasteiger partial charge is 0.243 e. The first-order valence-electron chi connectivity index (χ1n) is 4.24. The lowest BCUT2D eigenvalue weighted by molar-refractivity contribution is 0.628. The molecule has 0 amide bonds. The van der Waals surface area contributed by atoms with Crippen LogP contribution in [0, 0.1) is 5.82 Å². The summed E-state index contributed by atoms with van der Waals surface area (Å²) in [6.45, 7) is 0. The molecule has 0 N–H and O–H groups in total. The standard InChI is InChI=1S/C11H6Cl2FN/c12-10-6-15-11(13)5-9(10)7-2-1-3-8(14)4-7/h1-6H. The number of pyridine rings is 1. The predicted molar refractivity (Wildman–Crippen MR) is 59.7 cm³/mol. The molecule has 1 nitrogen and oxygen atoms in total. The monoisotopic (exact) mass is 241 g/mol. The van der Waals surface area contributed by atoms with Crippen LogP contribution in [0.1, 0.15) is 0 Å². The number of hydrogen-bond donors (Lipinski definition) is 0. The Bertz CT molecular complexity index is 500. The molecule has 1 heterocycles. The summed E-state index contributed by atoms with van der Waals surface area (Å²) < 4.78 is 13.0. The van der Waals surface area contributed by atoms with E-state index in [1.807, 2.05) is 0 Å². The third-order valence-electron chi connectivity index (χ3n) is 1.96. The van der Waals surface area contributed by atoms with Gasteiger partial charge in [0.05, 0.1) is 5.02 Å². The van der Waals surface area contributed by atoms with Crippen molar-refractivity contribution in [2.24, 2.45) is 0 Å². The van der Waals surface area contributed by atoms with Crippen LogP contribution in [-0.2, 0) is 0 Å². The summed E-state index contributed by atoms with van der Waals surface area (Å²) >= 11 is 11.7. The Kier molecular flexibility index (Phi) is 2.89. The Morgan fingerprint density at radius 1 is 1.13 bits per heavy atom. The van der Waals surface area contributed by atoms with Gasteiger partial charge in [0.1, 0.15) is 11.0 Å². The Balaban J connectivity index is 2.58. The summed E-state index contributed by atoms with van der Waals surface area (Å²) in [6.07, 6.45) is 1.45. The molecule has 1 aromatic heterocycles. The van der Waals surface area contributed by atoms with E-state index in [1.54, 1.807) is 18.2 Å². The number of hydrogen-bond acceptors (Lipinski definition) is 1. The molecule has 15 heavy (non-hydrogen) atoms. The second-order valence-corrected chi connectivity index (χ2v) is 3.79. The van der Waals surface area contributed by atoms with E-state index in [0.29, 0.717) is 21.3 Å². The van der Waals surface area contributed by atoms with Crippen LogP contribution < -0.4 is 0 Å². The number of rotatable bonds is 1. The van der Waals surface area contributed by atoms with E-state index in [4.69, 9.17) is 23.2 Å². The maximum Gasteiger partial charge on any atom is 0.129 e. The van der Waals surface area contributed by atoms with Gasteiger partial charge in [-0.2, -0.15) is 0 Å². The summed E-state index contributed by atoms with van der Waals surface area (Å²) in [4.78, 5) is 3.83. The molecule has 0 saturated carbocycles. The highest BCUT2D eigenvalue weighted by Gasteiger charge is 2.05. The lowest BCUT2D eigenvalue weighted by atomic mass is 10.1. The number of benzene rings is 1. The normalized spacial score (nSPS) is 10.3. The Morgan fingerprint density at radius 3 is 2.67 bits per heavy atom. The second kappa shape index (κ2) is 4.17. The minimum Gasteiger partial charge on any atom is -0.243 e. The maximum atomic E-state index is 13.0. The Morgan fingerprint density at radius 2 is 1.93 bits per heavy atom. The molecule has 4 heteroatoms. The highest BCUT2D eigenvalue weighted by molar-refractivity contribution is 6.34. The summed E-state index contributed by atoms with van der Waals surface area (Å²) in [6, 6.07) is 7.77. The van der Waals surface area contributed by atoms with Gasteiger partial charge in [0.25, 0.3) is 0 Å². The molecule has 76 valence electrons. The highest BCUT2D eigenvalue weighted by Crippen LogP contribution is 2.29. The van der Waals surface area contributed by atoms with Crippen LogP contribution in [0.5, 0.6) is 0 Å². The molecule has 2 aromatic rings. The molecule has 0 spiro atoms. The quantitative estimate of drug-likeness (QED) is 0.683. The van der Waals surface area contributed by atoms with Crippen molar-refractivity contribution in [3.63, 3.8) is 0 Å². The lowest BCUT2D eigenvalue weighted by Crippen LogP contribution is -1.83. The topological polar surface area (TPSA) is 12.9 Å². The molecule has 2 rings (SSSR count).